The summed E-state index contributed by atoms with van der Waals surface area (Å²) in [6, 6.07) is 7.62. The van der Waals surface area contributed by atoms with Gasteiger partial charge in [0.2, 0.25) is 0 Å². The molecule has 0 N–H and O–H groups in total. The van der Waals surface area contributed by atoms with Gasteiger partial charge in [-0.25, -0.2) is 4.98 Å². The molecular weight excluding hydrogens is 276 g/mol. The van der Waals surface area contributed by atoms with Crippen molar-refractivity contribution >= 4 is 11.3 Å². The van der Waals surface area contributed by atoms with Gasteiger partial charge in [0.25, 0.3) is 0 Å². The maximum Gasteiger partial charge on any atom is 0.130 e. The third-order valence-corrected chi connectivity index (χ3v) is 3.75. The molecule has 0 aliphatic rings. The van der Waals surface area contributed by atoms with Gasteiger partial charge >= 0.3 is 0 Å². The molecule has 0 aliphatic heterocycles. The Morgan fingerprint density at radius 1 is 1.25 bits per heavy atom. The molecule has 1 aromatic heterocycles. The zero-order chi connectivity index (χ0) is 14.5. The summed E-state index contributed by atoms with van der Waals surface area (Å²) in [6.07, 6.45) is 0. The van der Waals surface area contributed by atoms with Crippen LogP contribution in [-0.4, -0.2) is 26.3 Å². The van der Waals surface area contributed by atoms with Crippen LogP contribution < -0.4 is 9.47 Å². The second-order valence-corrected chi connectivity index (χ2v) is 4.90. The summed E-state index contributed by atoms with van der Waals surface area (Å²) in [5.74, 6) is 1.40. The molecule has 2 aromatic rings. The molecule has 1 aromatic carbocycles. The lowest BCUT2D eigenvalue weighted by atomic mass is 10.2. The van der Waals surface area contributed by atoms with Crippen LogP contribution in [0, 0.1) is 11.3 Å². The molecule has 0 fully saturated rings. The molecule has 2 rings (SSSR count). The average molecular weight is 290 g/mol. The minimum atomic E-state index is 0.311. The number of ether oxygens (including phenoxy) is 3. The molecule has 0 saturated carbocycles. The molecular formula is C14H14N2O3S. The summed E-state index contributed by atoms with van der Waals surface area (Å²) < 4.78 is 15.6. The third-order valence-electron chi connectivity index (χ3n) is 2.72. The van der Waals surface area contributed by atoms with E-state index < -0.39 is 0 Å². The fraction of sp³-hybridized carbons (Fsp3) is 0.286. The number of methoxy groups -OCH3 is 3. The van der Waals surface area contributed by atoms with E-state index in [9.17, 15) is 0 Å². The van der Waals surface area contributed by atoms with Crippen LogP contribution in [0.15, 0.2) is 18.2 Å². The summed E-state index contributed by atoms with van der Waals surface area (Å²) in [4.78, 5) is 5.01. The van der Waals surface area contributed by atoms with Gasteiger partial charge in [-0.3, -0.25) is 0 Å². The summed E-state index contributed by atoms with van der Waals surface area (Å²) in [5, 5.41) is 9.85. The number of nitrogens with zero attached hydrogens (tertiary/aromatic N) is 2. The number of nitriles is 1. The number of hydrogen-bond acceptors (Lipinski definition) is 6. The van der Waals surface area contributed by atoms with E-state index in [1.54, 1.807) is 21.3 Å². The molecule has 0 atom stereocenters. The fourth-order valence-corrected chi connectivity index (χ4v) is 2.66. The molecule has 0 unspecified atom stereocenters. The minimum Gasteiger partial charge on any atom is -0.497 e. The van der Waals surface area contributed by atoms with Crippen LogP contribution in [0.5, 0.6) is 11.5 Å². The monoisotopic (exact) mass is 290 g/mol. The second kappa shape index (κ2) is 6.37. The Kier molecular flexibility index (Phi) is 4.56. The highest BCUT2D eigenvalue weighted by atomic mass is 32.1. The molecule has 6 heteroatoms. The van der Waals surface area contributed by atoms with E-state index in [1.165, 1.54) is 11.3 Å². The minimum absolute atomic E-state index is 0.311. The molecule has 0 saturated heterocycles. The van der Waals surface area contributed by atoms with Gasteiger partial charge in [0.15, 0.2) is 0 Å². The summed E-state index contributed by atoms with van der Waals surface area (Å²) >= 11 is 1.31. The van der Waals surface area contributed by atoms with Crippen molar-refractivity contribution in [1.82, 2.24) is 4.98 Å². The lowest BCUT2D eigenvalue weighted by Crippen LogP contribution is -1.92. The normalized spacial score (nSPS) is 10.1. The first-order valence-electron chi connectivity index (χ1n) is 5.84. The second-order valence-electron chi connectivity index (χ2n) is 3.91. The van der Waals surface area contributed by atoms with E-state index >= 15 is 0 Å². The number of aromatic nitrogens is 1. The number of hydrogen-bond donors (Lipinski definition) is 0. The van der Waals surface area contributed by atoms with Gasteiger partial charge in [-0.2, -0.15) is 5.26 Å². The topological polar surface area (TPSA) is 64.4 Å². The molecule has 0 bridgehead atoms. The zero-order valence-corrected chi connectivity index (χ0v) is 12.3. The molecule has 0 radical (unpaired) electrons. The standard InChI is InChI=1S/C14H14N2O3S/c1-17-8-11-13(7-15)20-14(16-11)10-6-9(18-2)4-5-12(10)19-3/h4-6H,8H2,1-3H3. The first-order chi connectivity index (χ1) is 9.73. The molecule has 5 nitrogen and oxygen atoms in total. The lowest BCUT2D eigenvalue weighted by molar-refractivity contribution is 0.182. The Balaban J connectivity index is 2.53. The number of thiazole rings is 1. The van der Waals surface area contributed by atoms with Gasteiger partial charge in [0, 0.05) is 7.11 Å². The Hall–Kier alpha value is -2.10. The van der Waals surface area contributed by atoms with Crippen molar-refractivity contribution in [2.45, 2.75) is 6.61 Å². The van der Waals surface area contributed by atoms with Crippen LogP contribution in [0.4, 0.5) is 0 Å². The Labute approximate surface area is 121 Å². The molecule has 0 aliphatic carbocycles. The zero-order valence-electron chi connectivity index (χ0n) is 11.5. The first kappa shape index (κ1) is 14.3. The van der Waals surface area contributed by atoms with E-state index in [2.05, 4.69) is 11.1 Å². The van der Waals surface area contributed by atoms with Gasteiger partial charge < -0.3 is 14.2 Å². The molecule has 0 spiro atoms. The largest absolute Gasteiger partial charge is 0.497 e. The van der Waals surface area contributed by atoms with Crippen molar-refractivity contribution in [2.24, 2.45) is 0 Å². The first-order valence-corrected chi connectivity index (χ1v) is 6.66. The highest BCUT2D eigenvalue weighted by molar-refractivity contribution is 7.15. The predicted octanol–water partition coefficient (Wildman–Crippen LogP) is 2.85. The fourth-order valence-electron chi connectivity index (χ4n) is 1.77. The van der Waals surface area contributed by atoms with Crippen molar-refractivity contribution < 1.29 is 14.2 Å². The van der Waals surface area contributed by atoms with Gasteiger partial charge in [0.05, 0.1) is 32.1 Å². The van der Waals surface area contributed by atoms with E-state index in [0.717, 1.165) is 5.56 Å². The van der Waals surface area contributed by atoms with Crippen molar-refractivity contribution in [2.75, 3.05) is 21.3 Å². The smallest absolute Gasteiger partial charge is 0.130 e. The van der Waals surface area contributed by atoms with Crippen molar-refractivity contribution in [3.8, 4) is 28.1 Å². The third kappa shape index (κ3) is 2.74. The molecule has 20 heavy (non-hydrogen) atoms. The van der Waals surface area contributed by atoms with Crippen molar-refractivity contribution in [3.63, 3.8) is 0 Å². The van der Waals surface area contributed by atoms with Crippen molar-refractivity contribution in [3.05, 3.63) is 28.8 Å². The maximum absolute atomic E-state index is 9.14. The molecule has 1 heterocycles. The van der Waals surface area contributed by atoms with Crippen LogP contribution in [0.2, 0.25) is 0 Å². The van der Waals surface area contributed by atoms with Crippen LogP contribution in [-0.2, 0) is 11.3 Å². The average Bonchev–Trinajstić information content (AvgIpc) is 2.90. The van der Waals surface area contributed by atoms with E-state index in [-0.39, 0.29) is 0 Å². The summed E-state index contributed by atoms with van der Waals surface area (Å²) in [6.45, 7) is 0.311. The highest BCUT2D eigenvalue weighted by Crippen LogP contribution is 2.36. The van der Waals surface area contributed by atoms with E-state index in [1.807, 2.05) is 18.2 Å². The van der Waals surface area contributed by atoms with Gasteiger partial charge in [-0.05, 0) is 18.2 Å². The van der Waals surface area contributed by atoms with Gasteiger partial charge in [0.1, 0.15) is 27.5 Å². The van der Waals surface area contributed by atoms with E-state index in [4.69, 9.17) is 19.5 Å². The number of rotatable bonds is 5. The number of benzene rings is 1. The Morgan fingerprint density at radius 2 is 2.05 bits per heavy atom. The SMILES string of the molecule is COCc1nc(-c2cc(OC)ccc2OC)sc1C#N. The summed E-state index contributed by atoms with van der Waals surface area (Å²) in [5.41, 5.74) is 1.44. The van der Waals surface area contributed by atoms with Crippen LogP contribution in [0.1, 0.15) is 10.6 Å². The van der Waals surface area contributed by atoms with Gasteiger partial charge in [-0.15, -0.1) is 11.3 Å². The van der Waals surface area contributed by atoms with Gasteiger partial charge in [-0.1, -0.05) is 0 Å². The Morgan fingerprint density at radius 3 is 2.65 bits per heavy atom. The summed E-state index contributed by atoms with van der Waals surface area (Å²) in [7, 11) is 4.77. The van der Waals surface area contributed by atoms with Crippen LogP contribution in [0.25, 0.3) is 10.6 Å². The molecule has 104 valence electrons. The predicted molar refractivity (Wildman–Crippen MR) is 76.1 cm³/mol. The van der Waals surface area contributed by atoms with Crippen LogP contribution in [0.3, 0.4) is 0 Å². The Bertz CT molecular complexity index is 646. The van der Waals surface area contributed by atoms with Crippen LogP contribution >= 0.6 is 11.3 Å². The quantitative estimate of drug-likeness (QED) is 0.847. The highest BCUT2D eigenvalue weighted by Gasteiger charge is 2.16. The maximum atomic E-state index is 9.14. The van der Waals surface area contributed by atoms with E-state index in [0.29, 0.717) is 33.7 Å². The molecule has 0 amide bonds. The lowest BCUT2D eigenvalue weighted by Gasteiger charge is -2.08. The van der Waals surface area contributed by atoms with Crippen molar-refractivity contribution in [1.29, 1.82) is 5.26 Å².